The standard InChI is InChI=1S/C15H28N2O3/c1-2-16-15(19)17-11-12-20-14(18)10-6-9-13-7-4-3-5-8-13/h13H,2-12H2,1H3,(H2,16,17,19). The van der Waals surface area contributed by atoms with Gasteiger partial charge in [-0.3, -0.25) is 4.79 Å². The van der Waals surface area contributed by atoms with E-state index in [0.717, 1.165) is 18.8 Å². The molecule has 0 aromatic carbocycles. The number of hydrogen-bond acceptors (Lipinski definition) is 3. The van der Waals surface area contributed by atoms with Crippen molar-refractivity contribution in [3.63, 3.8) is 0 Å². The predicted molar refractivity (Wildman–Crippen MR) is 78.5 cm³/mol. The first-order valence-electron chi connectivity index (χ1n) is 7.89. The summed E-state index contributed by atoms with van der Waals surface area (Å²) in [7, 11) is 0. The molecule has 0 aromatic heterocycles. The quantitative estimate of drug-likeness (QED) is 0.532. The molecule has 1 aliphatic rings. The first kappa shape index (κ1) is 16.8. The van der Waals surface area contributed by atoms with Crippen LogP contribution in [0.2, 0.25) is 0 Å². The highest BCUT2D eigenvalue weighted by molar-refractivity contribution is 5.73. The van der Waals surface area contributed by atoms with Crippen LogP contribution in [-0.2, 0) is 9.53 Å². The number of rotatable bonds is 8. The number of amides is 2. The van der Waals surface area contributed by atoms with E-state index in [9.17, 15) is 9.59 Å². The monoisotopic (exact) mass is 284 g/mol. The van der Waals surface area contributed by atoms with Gasteiger partial charge in [-0.05, 0) is 25.7 Å². The lowest BCUT2D eigenvalue weighted by atomic mass is 9.86. The molecule has 1 fully saturated rings. The van der Waals surface area contributed by atoms with Crippen molar-refractivity contribution in [1.29, 1.82) is 0 Å². The minimum Gasteiger partial charge on any atom is -0.464 e. The highest BCUT2D eigenvalue weighted by atomic mass is 16.5. The lowest BCUT2D eigenvalue weighted by Crippen LogP contribution is -2.37. The van der Waals surface area contributed by atoms with Crippen LogP contribution in [-0.4, -0.2) is 31.7 Å². The highest BCUT2D eigenvalue weighted by Crippen LogP contribution is 2.27. The molecule has 0 spiro atoms. The van der Waals surface area contributed by atoms with Crippen molar-refractivity contribution in [2.45, 2.75) is 58.3 Å². The summed E-state index contributed by atoms with van der Waals surface area (Å²) in [4.78, 5) is 22.6. The summed E-state index contributed by atoms with van der Waals surface area (Å²) in [6.45, 7) is 3.05. The Morgan fingerprint density at radius 1 is 1.15 bits per heavy atom. The van der Waals surface area contributed by atoms with E-state index in [1.807, 2.05) is 6.92 Å². The fraction of sp³-hybridized carbons (Fsp3) is 0.867. The van der Waals surface area contributed by atoms with Crippen LogP contribution in [0.15, 0.2) is 0 Å². The zero-order valence-corrected chi connectivity index (χ0v) is 12.6. The highest BCUT2D eigenvalue weighted by Gasteiger charge is 2.13. The zero-order valence-electron chi connectivity index (χ0n) is 12.6. The van der Waals surface area contributed by atoms with E-state index < -0.39 is 0 Å². The molecule has 1 aliphatic carbocycles. The van der Waals surface area contributed by atoms with Crippen molar-refractivity contribution in [2.24, 2.45) is 5.92 Å². The first-order valence-corrected chi connectivity index (χ1v) is 7.89. The third kappa shape index (κ3) is 8.02. The fourth-order valence-electron chi connectivity index (χ4n) is 2.64. The number of carbonyl (C=O) groups is 2. The Kier molecular flexibility index (Phi) is 8.83. The van der Waals surface area contributed by atoms with Gasteiger partial charge in [0.25, 0.3) is 0 Å². The van der Waals surface area contributed by atoms with Crippen LogP contribution in [0.3, 0.4) is 0 Å². The maximum absolute atomic E-state index is 11.5. The molecule has 0 saturated heterocycles. The zero-order chi connectivity index (χ0) is 14.6. The van der Waals surface area contributed by atoms with Crippen molar-refractivity contribution in [1.82, 2.24) is 10.6 Å². The van der Waals surface area contributed by atoms with E-state index in [4.69, 9.17) is 4.74 Å². The van der Waals surface area contributed by atoms with Gasteiger partial charge in [0, 0.05) is 13.0 Å². The summed E-state index contributed by atoms with van der Waals surface area (Å²) in [6.07, 6.45) is 9.28. The molecule has 0 unspecified atom stereocenters. The van der Waals surface area contributed by atoms with Gasteiger partial charge < -0.3 is 15.4 Å². The Hall–Kier alpha value is -1.26. The van der Waals surface area contributed by atoms with Crippen LogP contribution in [0.1, 0.15) is 58.3 Å². The van der Waals surface area contributed by atoms with Gasteiger partial charge >= 0.3 is 12.0 Å². The van der Waals surface area contributed by atoms with Crippen LogP contribution >= 0.6 is 0 Å². The smallest absolute Gasteiger partial charge is 0.314 e. The number of hydrogen-bond donors (Lipinski definition) is 2. The topological polar surface area (TPSA) is 67.4 Å². The average molecular weight is 284 g/mol. The normalized spacial score (nSPS) is 15.7. The Bertz CT molecular complexity index is 289. The second-order valence-electron chi connectivity index (χ2n) is 5.40. The Labute approximate surface area is 121 Å². The Morgan fingerprint density at radius 3 is 2.60 bits per heavy atom. The molecular formula is C15H28N2O3. The summed E-state index contributed by atoms with van der Waals surface area (Å²) in [5.41, 5.74) is 0. The number of nitrogens with one attached hydrogen (secondary N) is 2. The first-order chi connectivity index (χ1) is 9.72. The van der Waals surface area contributed by atoms with Crippen LogP contribution in [0.5, 0.6) is 0 Å². The lowest BCUT2D eigenvalue weighted by Gasteiger charge is -2.20. The van der Waals surface area contributed by atoms with Crippen molar-refractivity contribution in [3.05, 3.63) is 0 Å². The fourth-order valence-corrected chi connectivity index (χ4v) is 2.64. The molecule has 2 N–H and O–H groups in total. The van der Waals surface area contributed by atoms with Crippen molar-refractivity contribution in [2.75, 3.05) is 19.7 Å². The molecule has 0 bridgehead atoms. The summed E-state index contributed by atoms with van der Waals surface area (Å²) in [5.74, 6) is 0.662. The average Bonchev–Trinajstić information content (AvgIpc) is 2.45. The van der Waals surface area contributed by atoms with Gasteiger partial charge in [-0.15, -0.1) is 0 Å². The Balaban J connectivity index is 1.93. The van der Waals surface area contributed by atoms with E-state index in [-0.39, 0.29) is 18.6 Å². The van der Waals surface area contributed by atoms with E-state index in [1.165, 1.54) is 32.1 Å². The van der Waals surface area contributed by atoms with Gasteiger partial charge in [0.15, 0.2) is 0 Å². The largest absolute Gasteiger partial charge is 0.464 e. The van der Waals surface area contributed by atoms with Gasteiger partial charge in [0.05, 0.1) is 6.54 Å². The second kappa shape index (κ2) is 10.5. The third-order valence-electron chi connectivity index (χ3n) is 3.71. The summed E-state index contributed by atoms with van der Waals surface area (Å²) in [5, 5.41) is 5.23. The molecule has 0 heterocycles. The Morgan fingerprint density at radius 2 is 1.90 bits per heavy atom. The molecule has 1 rings (SSSR count). The van der Waals surface area contributed by atoms with Gasteiger partial charge in [-0.1, -0.05) is 32.1 Å². The summed E-state index contributed by atoms with van der Waals surface area (Å²) < 4.78 is 5.08. The van der Waals surface area contributed by atoms with E-state index in [0.29, 0.717) is 19.5 Å². The molecule has 5 nitrogen and oxygen atoms in total. The number of urea groups is 1. The van der Waals surface area contributed by atoms with Crippen molar-refractivity contribution < 1.29 is 14.3 Å². The molecular weight excluding hydrogens is 256 g/mol. The molecule has 20 heavy (non-hydrogen) atoms. The van der Waals surface area contributed by atoms with Gasteiger partial charge in [-0.25, -0.2) is 4.79 Å². The van der Waals surface area contributed by atoms with Crippen LogP contribution in [0.25, 0.3) is 0 Å². The lowest BCUT2D eigenvalue weighted by molar-refractivity contribution is -0.143. The predicted octanol–water partition coefficient (Wildman–Crippen LogP) is 2.60. The second-order valence-corrected chi connectivity index (χ2v) is 5.40. The minimum atomic E-state index is -0.221. The molecule has 0 aliphatic heterocycles. The molecule has 2 amide bonds. The van der Waals surface area contributed by atoms with Gasteiger partial charge in [0.2, 0.25) is 0 Å². The minimum absolute atomic E-state index is 0.154. The summed E-state index contributed by atoms with van der Waals surface area (Å²) >= 11 is 0. The van der Waals surface area contributed by atoms with E-state index in [2.05, 4.69) is 10.6 Å². The molecule has 0 atom stereocenters. The van der Waals surface area contributed by atoms with Gasteiger partial charge in [0.1, 0.15) is 6.61 Å². The number of carbonyl (C=O) groups excluding carboxylic acids is 2. The van der Waals surface area contributed by atoms with E-state index in [1.54, 1.807) is 0 Å². The molecule has 1 saturated carbocycles. The molecule has 5 heteroatoms. The molecule has 0 aromatic rings. The summed E-state index contributed by atoms with van der Waals surface area (Å²) in [6, 6.07) is -0.221. The van der Waals surface area contributed by atoms with Crippen LogP contribution in [0, 0.1) is 5.92 Å². The molecule has 0 radical (unpaired) electrons. The van der Waals surface area contributed by atoms with E-state index >= 15 is 0 Å². The number of esters is 1. The molecule has 116 valence electrons. The van der Waals surface area contributed by atoms with Gasteiger partial charge in [-0.2, -0.15) is 0 Å². The number of ether oxygens (including phenoxy) is 1. The van der Waals surface area contributed by atoms with Crippen LogP contribution < -0.4 is 10.6 Å². The maximum atomic E-state index is 11.5. The van der Waals surface area contributed by atoms with Crippen LogP contribution in [0.4, 0.5) is 4.79 Å². The SMILES string of the molecule is CCNC(=O)NCCOC(=O)CCCC1CCCCC1. The third-order valence-corrected chi connectivity index (χ3v) is 3.71. The maximum Gasteiger partial charge on any atom is 0.314 e. The van der Waals surface area contributed by atoms with Crippen molar-refractivity contribution in [3.8, 4) is 0 Å². The van der Waals surface area contributed by atoms with Crippen molar-refractivity contribution >= 4 is 12.0 Å².